The molecule has 1 aliphatic heterocycles. The number of hydrogen-bond acceptors (Lipinski definition) is 4. The number of benzene rings is 2. The molecule has 156 valence electrons. The van der Waals surface area contributed by atoms with Crippen molar-refractivity contribution in [3.05, 3.63) is 83.9 Å². The largest absolute Gasteiger partial charge is 0.491 e. The van der Waals surface area contributed by atoms with Crippen LogP contribution in [-0.2, 0) is 6.54 Å². The van der Waals surface area contributed by atoms with Crippen molar-refractivity contribution in [2.75, 3.05) is 19.7 Å². The second kappa shape index (κ2) is 9.09. The molecule has 0 aliphatic carbocycles. The zero-order chi connectivity index (χ0) is 20.9. The molecule has 30 heavy (non-hydrogen) atoms. The molecule has 0 unspecified atom stereocenters. The van der Waals surface area contributed by atoms with Crippen LogP contribution >= 0.6 is 0 Å². The summed E-state index contributed by atoms with van der Waals surface area (Å²) in [4.78, 5) is 14.6. The second-order valence-electron chi connectivity index (χ2n) is 7.51. The number of halogens is 1. The van der Waals surface area contributed by atoms with Gasteiger partial charge in [0, 0.05) is 37.0 Å². The third-order valence-corrected chi connectivity index (χ3v) is 5.32. The molecule has 0 spiro atoms. The summed E-state index contributed by atoms with van der Waals surface area (Å²) in [6.45, 7) is 1.80. The zero-order valence-electron chi connectivity index (χ0n) is 16.5. The molecule has 0 radical (unpaired) electrons. The second-order valence-corrected chi connectivity index (χ2v) is 7.51. The molecule has 0 bridgehead atoms. The number of ether oxygens (including phenoxy) is 1. The molecule has 7 heteroatoms. The fraction of sp³-hybridized carbons (Fsp3) is 0.304. The molecule has 6 nitrogen and oxygen atoms in total. The summed E-state index contributed by atoms with van der Waals surface area (Å²) in [5, 5.41) is 14.1. The van der Waals surface area contributed by atoms with Gasteiger partial charge in [-0.25, -0.2) is 4.39 Å². The van der Waals surface area contributed by atoms with Crippen LogP contribution in [0.25, 0.3) is 0 Å². The Morgan fingerprint density at radius 2 is 1.97 bits per heavy atom. The third kappa shape index (κ3) is 4.86. The van der Waals surface area contributed by atoms with Crippen LogP contribution in [-0.4, -0.2) is 51.5 Å². The summed E-state index contributed by atoms with van der Waals surface area (Å²) in [6, 6.07) is 15.3. The molecule has 3 aromatic rings. The van der Waals surface area contributed by atoms with E-state index in [9.17, 15) is 14.3 Å². The van der Waals surface area contributed by atoms with Crippen LogP contribution in [0.5, 0.6) is 5.75 Å². The summed E-state index contributed by atoms with van der Waals surface area (Å²) >= 11 is 0. The first-order valence-corrected chi connectivity index (χ1v) is 10.0. The minimum Gasteiger partial charge on any atom is -0.491 e. The minimum absolute atomic E-state index is 0.0233. The quantitative estimate of drug-likeness (QED) is 0.651. The van der Waals surface area contributed by atoms with Gasteiger partial charge in [-0.05, 0) is 54.4 Å². The maximum absolute atomic E-state index is 13.1. The molecular formula is C23H24FN3O3. The molecule has 2 atom stereocenters. The van der Waals surface area contributed by atoms with E-state index in [1.54, 1.807) is 59.5 Å². The number of aliphatic hydroxyl groups is 1. The summed E-state index contributed by atoms with van der Waals surface area (Å²) in [7, 11) is 0. The van der Waals surface area contributed by atoms with Crippen molar-refractivity contribution in [1.82, 2.24) is 14.7 Å². The first-order chi connectivity index (χ1) is 14.6. The van der Waals surface area contributed by atoms with Crippen LogP contribution in [0.3, 0.4) is 0 Å². The molecule has 0 saturated carbocycles. The fourth-order valence-corrected chi connectivity index (χ4v) is 3.70. The highest BCUT2D eigenvalue weighted by atomic mass is 19.1. The van der Waals surface area contributed by atoms with Gasteiger partial charge in [-0.3, -0.25) is 9.48 Å². The fourth-order valence-electron chi connectivity index (χ4n) is 3.70. The van der Waals surface area contributed by atoms with E-state index in [0.717, 1.165) is 12.0 Å². The Kier molecular flexibility index (Phi) is 6.09. The molecule has 1 aromatic heterocycles. The molecule has 2 heterocycles. The number of nitrogens with zero attached hydrogens (tertiary/aromatic N) is 3. The lowest BCUT2D eigenvalue weighted by Crippen LogP contribution is -2.28. The predicted octanol–water partition coefficient (Wildman–Crippen LogP) is 3.09. The molecule has 1 amide bonds. The normalized spacial score (nSPS) is 17.1. The smallest absolute Gasteiger partial charge is 0.253 e. The van der Waals surface area contributed by atoms with Gasteiger partial charge >= 0.3 is 0 Å². The molecule has 2 aromatic carbocycles. The maximum atomic E-state index is 13.1. The van der Waals surface area contributed by atoms with Crippen LogP contribution in [0.15, 0.2) is 67.0 Å². The van der Waals surface area contributed by atoms with Crippen molar-refractivity contribution in [3.63, 3.8) is 0 Å². The number of amides is 1. The van der Waals surface area contributed by atoms with Crippen molar-refractivity contribution in [2.45, 2.75) is 25.0 Å². The number of aliphatic hydroxyl groups excluding tert-OH is 1. The van der Waals surface area contributed by atoms with Crippen molar-refractivity contribution >= 4 is 5.91 Å². The van der Waals surface area contributed by atoms with Gasteiger partial charge in [0.05, 0.1) is 6.54 Å². The van der Waals surface area contributed by atoms with E-state index < -0.39 is 6.10 Å². The highest BCUT2D eigenvalue weighted by molar-refractivity contribution is 5.94. The third-order valence-electron chi connectivity index (χ3n) is 5.32. The Labute approximate surface area is 174 Å². The average Bonchev–Trinajstić information content (AvgIpc) is 3.45. The Morgan fingerprint density at radius 3 is 2.67 bits per heavy atom. The lowest BCUT2D eigenvalue weighted by molar-refractivity contribution is 0.0789. The van der Waals surface area contributed by atoms with Gasteiger partial charge in [-0.2, -0.15) is 5.10 Å². The molecule has 4 rings (SSSR count). The molecule has 1 N–H and O–H groups in total. The first-order valence-electron chi connectivity index (χ1n) is 10.0. The van der Waals surface area contributed by atoms with Gasteiger partial charge in [0.25, 0.3) is 5.91 Å². The number of rotatable bonds is 7. The van der Waals surface area contributed by atoms with Crippen LogP contribution in [0.1, 0.15) is 28.3 Å². The van der Waals surface area contributed by atoms with E-state index >= 15 is 0 Å². The van der Waals surface area contributed by atoms with E-state index in [1.165, 1.54) is 12.1 Å². The summed E-state index contributed by atoms with van der Waals surface area (Å²) in [5.74, 6) is 0.552. The number of aromatic nitrogens is 2. The highest BCUT2D eigenvalue weighted by Crippen LogP contribution is 2.28. The average molecular weight is 409 g/mol. The summed E-state index contributed by atoms with van der Waals surface area (Å²) in [5.41, 5.74) is 1.66. The van der Waals surface area contributed by atoms with Crippen molar-refractivity contribution in [1.29, 1.82) is 0 Å². The number of hydrogen-bond donors (Lipinski definition) is 1. The molecule has 1 aliphatic rings. The monoisotopic (exact) mass is 409 g/mol. The Hall–Kier alpha value is -3.19. The summed E-state index contributed by atoms with van der Waals surface area (Å²) in [6.07, 6.45) is 3.63. The number of carbonyl (C=O) groups is 1. The molecular weight excluding hydrogens is 385 g/mol. The van der Waals surface area contributed by atoms with E-state index in [2.05, 4.69) is 5.10 Å². The lowest BCUT2D eigenvalue weighted by atomic mass is 9.99. The van der Waals surface area contributed by atoms with E-state index in [1.807, 2.05) is 4.90 Å². The van der Waals surface area contributed by atoms with Gasteiger partial charge in [-0.1, -0.05) is 12.1 Å². The highest BCUT2D eigenvalue weighted by Gasteiger charge is 2.28. The topological polar surface area (TPSA) is 67.6 Å². The molecule has 1 saturated heterocycles. The van der Waals surface area contributed by atoms with Crippen molar-refractivity contribution < 1.29 is 19.0 Å². The van der Waals surface area contributed by atoms with E-state index in [4.69, 9.17) is 4.74 Å². The first kappa shape index (κ1) is 20.1. The van der Waals surface area contributed by atoms with E-state index in [-0.39, 0.29) is 24.2 Å². The van der Waals surface area contributed by atoms with E-state index in [0.29, 0.717) is 30.9 Å². The van der Waals surface area contributed by atoms with Crippen molar-refractivity contribution in [3.8, 4) is 5.75 Å². The Balaban J connectivity index is 1.29. The van der Waals surface area contributed by atoms with Gasteiger partial charge in [-0.15, -0.1) is 0 Å². The lowest BCUT2D eigenvalue weighted by Gasteiger charge is -2.17. The maximum Gasteiger partial charge on any atom is 0.253 e. The Morgan fingerprint density at radius 1 is 1.20 bits per heavy atom. The van der Waals surface area contributed by atoms with Gasteiger partial charge < -0.3 is 14.7 Å². The minimum atomic E-state index is -0.681. The van der Waals surface area contributed by atoms with Gasteiger partial charge in [0.1, 0.15) is 24.3 Å². The van der Waals surface area contributed by atoms with Crippen LogP contribution in [0, 0.1) is 5.82 Å². The number of likely N-dealkylation sites (tertiary alicyclic amines) is 1. The van der Waals surface area contributed by atoms with Gasteiger partial charge in [0.15, 0.2) is 0 Å². The standard InChI is InChI=1S/C23H24FN3O3/c24-20-6-2-17(3-7-20)19-10-13-26(14-19)23(29)18-4-8-22(9-5-18)30-16-21(28)15-27-12-1-11-25-27/h1-9,11-12,19,21,28H,10,13-16H2/t19-,21+/m0/s1. The predicted molar refractivity (Wildman–Crippen MR) is 110 cm³/mol. The summed E-state index contributed by atoms with van der Waals surface area (Å²) < 4.78 is 20.4. The van der Waals surface area contributed by atoms with Crippen LogP contribution in [0.4, 0.5) is 4.39 Å². The SMILES string of the molecule is O=C(c1ccc(OC[C@H](O)Cn2cccn2)cc1)N1CC[C@H](c2ccc(F)cc2)C1. The number of carbonyl (C=O) groups excluding carboxylic acids is 1. The van der Waals surface area contributed by atoms with Crippen LogP contribution in [0.2, 0.25) is 0 Å². The van der Waals surface area contributed by atoms with Crippen LogP contribution < -0.4 is 4.74 Å². The van der Waals surface area contributed by atoms with Crippen molar-refractivity contribution in [2.24, 2.45) is 0 Å². The van der Waals surface area contributed by atoms with Gasteiger partial charge in [0.2, 0.25) is 0 Å². The molecule has 1 fully saturated rings. The zero-order valence-corrected chi connectivity index (χ0v) is 16.5. The Bertz CT molecular complexity index is 958.